The van der Waals surface area contributed by atoms with E-state index in [4.69, 9.17) is 0 Å². The highest BCUT2D eigenvalue weighted by molar-refractivity contribution is 6.15. The van der Waals surface area contributed by atoms with Crippen LogP contribution < -0.4 is 4.90 Å². The summed E-state index contributed by atoms with van der Waals surface area (Å²) in [4.78, 5) is 2.50. The van der Waals surface area contributed by atoms with E-state index in [-0.39, 0.29) is 6.04 Å². The van der Waals surface area contributed by atoms with Gasteiger partial charge in [0.25, 0.3) is 0 Å². The molecular formula is C44H30N2. The van der Waals surface area contributed by atoms with Crippen LogP contribution in [-0.2, 0) is 0 Å². The summed E-state index contributed by atoms with van der Waals surface area (Å²) in [6.07, 6.45) is 9.09. The van der Waals surface area contributed by atoms with Gasteiger partial charge in [0.2, 0.25) is 0 Å². The van der Waals surface area contributed by atoms with Crippen molar-refractivity contribution in [3.63, 3.8) is 0 Å². The van der Waals surface area contributed by atoms with Gasteiger partial charge in [-0.1, -0.05) is 121 Å². The van der Waals surface area contributed by atoms with E-state index in [0.29, 0.717) is 5.92 Å². The van der Waals surface area contributed by atoms with Gasteiger partial charge in [-0.2, -0.15) is 0 Å². The molecule has 46 heavy (non-hydrogen) atoms. The molecule has 216 valence electrons. The number of hydrogen-bond acceptors (Lipinski definition) is 1. The Hall–Kier alpha value is -5.86. The molecule has 2 nitrogen and oxygen atoms in total. The van der Waals surface area contributed by atoms with Gasteiger partial charge in [0.1, 0.15) is 0 Å². The molecule has 0 saturated heterocycles. The predicted molar refractivity (Wildman–Crippen MR) is 195 cm³/mol. The van der Waals surface area contributed by atoms with Crippen LogP contribution in [0.15, 0.2) is 170 Å². The monoisotopic (exact) mass is 586 g/mol. The van der Waals surface area contributed by atoms with Crippen molar-refractivity contribution >= 4 is 54.7 Å². The van der Waals surface area contributed by atoms with Crippen LogP contribution in [0.25, 0.3) is 60.2 Å². The molecule has 0 spiro atoms. The third kappa shape index (κ3) is 3.64. The molecule has 2 atom stereocenters. The average Bonchev–Trinajstić information content (AvgIpc) is 3.63. The van der Waals surface area contributed by atoms with E-state index in [2.05, 4.69) is 179 Å². The molecule has 1 aliphatic carbocycles. The molecule has 2 heterocycles. The molecule has 10 rings (SSSR count). The lowest BCUT2D eigenvalue weighted by Crippen LogP contribution is -2.28. The molecule has 0 bridgehead atoms. The summed E-state index contributed by atoms with van der Waals surface area (Å²) in [6.45, 7) is 0. The number of anilines is 2. The van der Waals surface area contributed by atoms with Crippen molar-refractivity contribution in [3.05, 3.63) is 175 Å². The lowest BCUT2D eigenvalue weighted by Gasteiger charge is -2.28. The quantitative estimate of drug-likeness (QED) is 0.187. The molecule has 2 heteroatoms. The molecule has 1 aromatic heterocycles. The van der Waals surface area contributed by atoms with Crippen LogP contribution in [0.4, 0.5) is 11.4 Å². The fourth-order valence-corrected chi connectivity index (χ4v) is 8.03. The largest absolute Gasteiger partial charge is 0.333 e. The van der Waals surface area contributed by atoms with Gasteiger partial charge in [-0.05, 0) is 76.0 Å². The molecule has 1 aliphatic heterocycles. The first kappa shape index (κ1) is 25.5. The van der Waals surface area contributed by atoms with Gasteiger partial charge in [0.05, 0.1) is 22.8 Å². The van der Waals surface area contributed by atoms with E-state index in [9.17, 15) is 0 Å². The maximum Gasteiger partial charge on any atom is 0.0629 e. The highest BCUT2D eigenvalue weighted by Gasteiger charge is 2.37. The van der Waals surface area contributed by atoms with Gasteiger partial charge < -0.3 is 9.47 Å². The van der Waals surface area contributed by atoms with Crippen molar-refractivity contribution < 1.29 is 0 Å². The zero-order valence-electron chi connectivity index (χ0n) is 25.2. The fourth-order valence-electron chi connectivity index (χ4n) is 8.03. The van der Waals surface area contributed by atoms with Crippen LogP contribution >= 0.6 is 0 Å². The van der Waals surface area contributed by atoms with Crippen molar-refractivity contribution in [1.82, 2.24) is 4.57 Å². The maximum atomic E-state index is 2.50. The summed E-state index contributed by atoms with van der Waals surface area (Å²) in [5, 5.41) is 7.58. The zero-order valence-corrected chi connectivity index (χ0v) is 25.2. The second-order valence-corrected chi connectivity index (χ2v) is 12.5. The minimum Gasteiger partial charge on any atom is -0.333 e. The summed E-state index contributed by atoms with van der Waals surface area (Å²) < 4.78 is 2.49. The Balaban J connectivity index is 1.18. The second kappa shape index (κ2) is 9.82. The number of allylic oxidation sites excluding steroid dienone is 2. The summed E-state index contributed by atoms with van der Waals surface area (Å²) in [5.74, 6) is 0.324. The number of para-hydroxylation sites is 2. The smallest absolute Gasteiger partial charge is 0.0629 e. The van der Waals surface area contributed by atoms with Crippen LogP contribution in [0.3, 0.4) is 0 Å². The normalized spacial score (nSPS) is 16.9. The predicted octanol–water partition coefficient (Wildman–Crippen LogP) is 11.5. The molecule has 2 unspecified atom stereocenters. The van der Waals surface area contributed by atoms with Crippen LogP contribution in [0.2, 0.25) is 0 Å². The summed E-state index contributed by atoms with van der Waals surface area (Å²) in [6, 6.07) is 53.9. The van der Waals surface area contributed by atoms with Gasteiger partial charge in [-0.15, -0.1) is 0 Å². The van der Waals surface area contributed by atoms with Crippen LogP contribution in [0.5, 0.6) is 0 Å². The third-order valence-corrected chi connectivity index (χ3v) is 10.1. The Bertz CT molecular complexity index is 2500. The Morgan fingerprint density at radius 1 is 0.457 bits per heavy atom. The number of aromatic nitrogens is 1. The SMILES string of the molecule is C1=CC2c3cc(-c4ccc5c(c4)c4ccccc4n5-c4c5ccccc5cc5ccccc45)ccc3N(c3ccccc3)C2C=C1. The van der Waals surface area contributed by atoms with Gasteiger partial charge >= 0.3 is 0 Å². The molecule has 0 N–H and O–H groups in total. The number of nitrogens with zero attached hydrogens (tertiary/aromatic N) is 2. The van der Waals surface area contributed by atoms with E-state index in [0.717, 1.165) is 0 Å². The van der Waals surface area contributed by atoms with Crippen molar-refractivity contribution in [2.75, 3.05) is 4.90 Å². The Kier molecular flexibility index (Phi) is 5.44. The molecule has 0 amide bonds. The minimum absolute atomic E-state index is 0.286. The lowest BCUT2D eigenvalue weighted by molar-refractivity contribution is 0.745. The first-order valence-electron chi connectivity index (χ1n) is 16.1. The maximum absolute atomic E-state index is 2.50. The Morgan fingerprint density at radius 3 is 1.89 bits per heavy atom. The molecular weight excluding hydrogens is 556 g/mol. The van der Waals surface area contributed by atoms with Gasteiger partial charge in [-0.25, -0.2) is 0 Å². The number of hydrogen-bond donors (Lipinski definition) is 0. The van der Waals surface area contributed by atoms with E-state index < -0.39 is 0 Å². The highest BCUT2D eigenvalue weighted by Crippen LogP contribution is 2.49. The summed E-state index contributed by atoms with van der Waals surface area (Å²) in [5.41, 5.74) is 10.1. The first-order chi connectivity index (χ1) is 22.8. The second-order valence-electron chi connectivity index (χ2n) is 12.5. The highest BCUT2D eigenvalue weighted by atomic mass is 15.2. The zero-order chi connectivity index (χ0) is 30.2. The topological polar surface area (TPSA) is 8.17 Å². The van der Waals surface area contributed by atoms with E-state index >= 15 is 0 Å². The van der Waals surface area contributed by atoms with Crippen molar-refractivity contribution in [3.8, 4) is 16.8 Å². The van der Waals surface area contributed by atoms with Crippen LogP contribution in [0.1, 0.15) is 11.5 Å². The number of rotatable bonds is 3. The van der Waals surface area contributed by atoms with Crippen molar-refractivity contribution in [2.45, 2.75) is 12.0 Å². The molecule has 0 radical (unpaired) electrons. The number of benzene rings is 7. The van der Waals surface area contributed by atoms with Crippen LogP contribution in [-0.4, -0.2) is 10.6 Å². The standard InChI is InChI=1S/C44H30N2/c1-2-14-33(15-3-1)45-40-20-10-8-18-36(40)38-27-29(22-24-42(38)45)30-23-25-43-39(28-30)37-19-9-11-21-41(37)46(43)44-34-16-6-4-12-31(34)26-32-13-5-7-17-35(32)44/h1-28,36,40H. The molecule has 0 fully saturated rings. The molecule has 2 aliphatic rings. The van der Waals surface area contributed by atoms with Crippen molar-refractivity contribution in [2.24, 2.45) is 0 Å². The summed E-state index contributed by atoms with van der Waals surface area (Å²) in [7, 11) is 0. The Morgan fingerprint density at radius 2 is 1.09 bits per heavy atom. The van der Waals surface area contributed by atoms with Crippen LogP contribution in [0, 0.1) is 0 Å². The van der Waals surface area contributed by atoms with Crippen molar-refractivity contribution in [1.29, 1.82) is 0 Å². The first-order valence-corrected chi connectivity index (χ1v) is 16.1. The third-order valence-electron chi connectivity index (χ3n) is 10.1. The molecule has 7 aromatic carbocycles. The lowest BCUT2D eigenvalue weighted by atomic mass is 9.89. The number of fused-ring (bicyclic) bond motifs is 8. The van der Waals surface area contributed by atoms with E-state index in [1.807, 2.05) is 0 Å². The van der Waals surface area contributed by atoms with E-state index in [1.165, 1.54) is 77.1 Å². The fraction of sp³-hybridized carbons (Fsp3) is 0.0455. The Labute approximate surface area is 267 Å². The van der Waals surface area contributed by atoms with E-state index in [1.54, 1.807) is 0 Å². The molecule has 0 saturated carbocycles. The molecule has 8 aromatic rings. The average molecular weight is 587 g/mol. The van der Waals surface area contributed by atoms with Gasteiger partial charge in [0, 0.05) is 38.8 Å². The van der Waals surface area contributed by atoms with Gasteiger partial charge in [0.15, 0.2) is 0 Å². The van der Waals surface area contributed by atoms with Gasteiger partial charge in [-0.3, -0.25) is 0 Å². The summed E-state index contributed by atoms with van der Waals surface area (Å²) >= 11 is 0. The minimum atomic E-state index is 0.286.